The van der Waals surface area contributed by atoms with Gasteiger partial charge in [-0.05, 0) is 55.6 Å². The van der Waals surface area contributed by atoms with Gasteiger partial charge < -0.3 is 20.5 Å². The first-order valence-electron chi connectivity index (χ1n) is 9.96. The van der Waals surface area contributed by atoms with Gasteiger partial charge in [0.1, 0.15) is 22.1 Å². The summed E-state index contributed by atoms with van der Waals surface area (Å²) in [5.41, 5.74) is 5.84. The molecule has 164 valence electrons. The quantitative estimate of drug-likeness (QED) is 0.352. The van der Waals surface area contributed by atoms with Crippen molar-refractivity contribution < 1.29 is 19.1 Å². The summed E-state index contributed by atoms with van der Waals surface area (Å²) in [4.78, 5) is 32.0. The van der Waals surface area contributed by atoms with E-state index >= 15 is 0 Å². The minimum atomic E-state index is -0.662. The maximum atomic E-state index is 13.2. The molecule has 2 heterocycles. The number of likely N-dealkylation sites (tertiary alicyclic amines) is 1. The first-order chi connectivity index (χ1) is 14.1. The molecule has 3 atom stereocenters. The number of rotatable bonds is 7. The maximum Gasteiger partial charge on any atom is 0.411 e. The second-order valence-corrected chi connectivity index (χ2v) is 9.64. The smallest absolute Gasteiger partial charge is 0.411 e. The Hall–Kier alpha value is -1.97. The number of ether oxygens (including phenoxy) is 2. The Morgan fingerprint density at radius 1 is 1.43 bits per heavy atom. The number of halogens is 1. The molecular weight excluding hydrogens is 452 g/mol. The van der Waals surface area contributed by atoms with Crippen LogP contribution in [0.15, 0.2) is 29.4 Å². The first kappa shape index (κ1) is 22.7. The molecular formula is C21H29BrN4O4. The summed E-state index contributed by atoms with van der Waals surface area (Å²) in [6.07, 6.45) is 2.47. The molecule has 1 aromatic heterocycles. The van der Waals surface area contributed by atoms with Crippen LogP contribution in [0.25, 0.3) is 0 Å². The number of carbonyl (C=O) groups is 2. The summed E-state index contributed by atoms with van der Waals surface area (Å²) in [5, 5.41) is 2.87. The van der Waals surface area contributed by atoms with Gasteiger partial charge in [-0.3, -0.25) is 9.69 Å². The second kappa shape index (κ2) is 8.64. The van der Waals surface area contributed by atoms with Crippen molar-refractivity contribution in [2.24, 2.45) is 11.1 Å². The Balaban J connectivity index is 1.79. The lowest BCUT2D eigenvalue weighted by Gasteiger charge is -2.29. The highest BCUT2D eigenvalue weighted by Gasteiger charge is 2.67. The number of hydrogen-bond donors (Lipinski definition) is 2. The minimum Gasteiger partial charge on any atom is -0.444 e. The van der Waals surface area contributed by atoms with Crippen LogP contribution >= 0.6 is 15.9 Å². The largest absolute Gasteiger partial charge is 0.444 e. The number of aromatic nitrogens is 1. The number of amides is 2. The van der Waals surface area contributed by atoms with Gasteiger partial charge in [0.05, 0.1) is 13.2 Å². The van der Waals surface area contributed by atoms with Crippen molar-refractivity contribution in [2.45, 2.75) is 57.9 Å². The lowest BCUT2D eigenvalue weighted by molar-refractivity contribution is -0.121. The molecule has 0 radical (unpaired) electrons. The van der Waals surface area contributed by atoms with E-state index in [0.717, 1.165) is 12.0 Å². The maximum absolute atomic E-state index is 13.2. The molecule has 1 aliphatic heterocycles. The number of anilines is 1. The van der Waals surface area contributed by atoms with Gasteiger partial charge in [-0.1, -0.05) is 12.1 Å². The fraction of sp³-hybridized carbons (Fsp3) is 0.571. The molecule has 1 aromatic rings. The Morgan fingerprint density at radius 2 is 2.17 bits per heavy atom. The van der Waals surface area contributed by atoms with Gasteiger partial charge in [-0.2, -0.15) is 0 Å². The molecule has 2 aliphatic rings. The fourth-order valence-corrected chi connectivity index (χ4v) is 4.18. The number of pyridine rings is 1. The van der Waals surface area contributed by atoms with Crippen molar-refractivity contribution >= 4 is 33.7 Å². The molecule has 3 rings (SSSR count). The van der Waals surface area contributed by atoms with Gasteiger partial charge >= 0.3 is 6.09 Å². The van der Waals surface area contributed by atoms with Crippen molar-refractivity contribution in [3.8, 4) is 0 Å². The third kappa shape index (κ3) is 4.84. The number of fused-ring (bicyclic) bond motifs is 1. The molecule has 0 aromatic carbocycles. The van der Waals surface area contributed by atoms with Gasteiger partial charge in [-0.25, -0.2) is 9.78 Å². The third-order valence-electron chi connectivity index (χ3n) is 5.41. The highest BCUT2D eigenvalue weighted by atomic mass is 79.9. The number of hydrogen-bond acceptors (Lipinski definition) is 6. The molecule has 2 fully saturated rings. The van der Waals surface area contributed by atoms with Crippen molar-refractivity contribution in [1.29, 1.82) is 0 Å². The van der Waals surface area contributed by atoms with Crippen LogP contribution in [0.2, 0.25) is 0 Å². The van der Waals surface area contributed by atoms with E-state index in [1.165, 1.54) is 0 Å². The van der Waals surface area contributed by atoms with E-state index in [0.29, 0.717) is 30.0 Å². The second-order valence-electron chi connectivity index (χ2n) is 8.83. The minimum absolute atomic E-state index is 0.0704. The molecule has 0 bridgehead atoms. The summed E-state index contributed by atoms with van der Waals surface area (Å²) in [6, 6.07) is 2.88. The van der Waals surface area contributed by atoms with Crippen LogP contribution < -0.4 is 11.1 Å². The first-order valence-corrected chi connectivity index (χ1v) is 10.8. The fourth-order valence-electron chi connectivity index (χ4n) is 3.87. The Kier molecular flexibility index (Phi) is 6.54. The number of nitrogens with two attached hydrogens (primary N) is 1. The van der Waals surface area contributed by atoms with Gasteiger partial charge in [0.2, 0.25) is 5.91 Å². The Labute approximate surface area is 185 Å². The molecule has 1 aliphatic carbocycles. The van der Waals surface area contributed by atoms with E-state index in [1.54, 1.807) is 37.8 Å². The van der Waals surface area contributed by atoms with E-state index < -0.39 is 17.7 Å². The van der Waals surface area contributed by atoms with Gasteiger partial charge in [-0.15, -0.1) is 6.58 Å². The van der Waals surface area contributed by atoms with E-state index in [9.17, 15) is 9.59 Å². The van der Waals surface area contributed by atoms with Crippen molar-refractivity contribution in [3.63, 3.8) is 0 Å². The summed E-state index contributed by atoms with van der Waals surface area (Å²) < 4.78 is 11.6. The number of carbonyl (C=O) groups excluding carboxylic acids is 2. The molecule has 30 heavy (non-hydrogen) atoms. The van der Waals surface area contributed by atoms with Gasteiger partial charge in [0.15, 0.2) is 0 Å². The summed E-state index contributed by atoms with van der Waals surface area (Å²) >= 11 is 3.34. The third-order valence-corrected chi connectivity index (χ3v) is 5.85. The Morgan fingerprint density at radius 3 is 2.80 bits per heavy atom. The summed E-state index contributed by atoms with van der Waals surface area (Å²) in [6.45, 7) is 10.1. The van der Waals surface area contributed by atoms with Crippen LogP contribution in [0, 0.1) is 5.41 Å². The molecule has 1 saturated heterocycles. The zero-order valence-electron chi connectivity index (χ0n) is 17.6. The molecule has 9 heteroatoms. The van der Waals surface area contributed by atoms with Crippen LogP contribution in [0.4, 0.5) is 10.6 Å². The van der Waals surface area contributed by atoms with Crippen molar-refractivity contribution in [2.75, 3.05) is 18.5 Å². The van der Waals surface area contributed by atoms with Crippen LogP contribution in [-0.4, -0.2) is 52.7 Å². The topological polar surface area (TPSA) is 107 Å². The zero-order valence-corrected chi connectivity index (χ0v) is 19.2. The molecule has 3 N–H and O–H groups in total. The van der Waals surface area contributed by atoms with Crippen LogP contribution in [0.3, 0.4) is 0 Å². The van der Waals surface area contributed by atoms with E-state index in [4.69, 9.17) is 15.2 Å². The SMILES string of the molecule is C=CCOCc1ccc(Br)nc1NC(=O)[C@@H]1C[C@@]2(CN)C[C@H]2N1C(=O)OC(C)(C)C. The number of nitrogens with zero attached hydrogens (tertiary/aromatic N) is 2. The van der Waals surface area contributed by atoms with Crippen molar-refractivity contribution in [3.05, 3.63) is 35.0 Å². The predicted octanol–water partition coefficient (Wildman–Crippen LogP) is 3.21. The number of nitrogens with one attached hydrogen (secondary N) is 1. The van der Waals surface area contributed by atoms with Crippen molar-refractivity contribution in [1.82, 2.24) is 9.88 Å². The van der Waals surface area contributed by atoms with Crippen LogP contribution in [0.5, 0.6) is 0 Å². The molecule has 1 saturated carbocycles. The van der Waals surface area contributed by atoms with E-state index in [2.05, 4.69) is 32.8 Å². The standard InChI is InChI=1S/C21H29BrN4O4/c1-5-8-29-11-13-6-7-16(22)24-17(13)25-18(27)14-9-21(12-23)10-15(21)26(14)19(28)30-20(2,3)4/h5-7,14-15H,1,8-12,23H2,2-4H3,(H,24,25,27)/t14-,15+,21-/m0/s1. The molecule has 0 spiro atoms. The monoisotopic (exact) mass is 480 g/mol. The van der Waals surface area contributed by atoms with Gasteiger partial charge in [0, 0.05) is 23.6 Å². The average Bonchev–Trinajstić information content (AvgIpc) is 3.26. The van der Waals surface area contributed by atoms with Crippen LogP contribution in [-0.2, 0) is 20.9 Å². The average molecular weight is 481 g/mol. The molecule has 0 unspecified atom stereocenters. The number of piperidine rings is 1. The predicted molar refractivity (Wildman–Crippen MR) is 117 cm³/mol. The van der Waals surface area contributed by atoms with E-state index in [1.807, 2.05) is 6.07 Å². The van der Waals surface area contributed by atoms with E-state index in [-0.39, 0.29) is 24.0 Å². The summed E-state index contributed by atoms with van der Waals surface area (Å²) in [5.74, 6) is 0.0846. The van der Waals surface area contributed by atoms with Crippen LogP contribution in [0.1, 0.15) is 39.2 Å². The summed E-state index contributed by atoms with van der Waals surface area (Å²) in [7, 11) is 0. The normalized spacial score (nSPS) is 24.9. The highest BCUT2D eigenvalue weighted by molar-refractivity contribution is 9.10. The van der Waals surface area contributed by atoms with Gasteiger partial charge in [0.25, 0.3) is 0 Å². The lowest BCUT2D eigenvalue weighted by atomic mass is 9.99. The lowest BCUT2D eigenvalue weighted by Crippen LogP contribution is -2.47. The zero-order chi connectivity index (χ0) is 22.1. The molecule has 2 amide bonds. The highest BCUT2D eigenvalue weighted by Crippen LogP contribution is 2.59. The Bertz CT molecular complexity index is 841. The molecule has 8 nitrogen and oxygen atoms in total.